The number of benzene rings is 2. The molecule has 0 aliphatic heterocycles. The molecule has 6 heteroatoms. The van der Waals surface area contributed by atoms with Gasteiger partial charge in [-0.1, -0.05) is 53.7 Å². The number of thioether (sulfide) groups is 1. The monoisotopic (exact) mass is 422 g/mol. The lowest BCUT2D eigenvalue weighted by Gasteiger charge is -2.26. The highest BCUT2D eigenvalue weighted by atomic mass is 35.5. The van der Waals surface area contributed by atoms with E-state index in [1.165, 1.54) is 5.56 Å². The van der Waals surface area contributed by atoms with Crippen LogP contribution in [-0.4, -0.2) is 28.6 Å². The van der Waals surface area contributed by atoms with Gasteiger partial charge in [0.05, 0.1) is 0 Å². The van der Waals surface area contributed by atoms with Crippen LogP contribution in [0.3, 0.4) is 0 Å². The summed E-state index contributed by atoms with van der Waals surface area (Å²) in [6, 6.07) is 18.2. The molecule has 0 radical (unpaired) electrons. The van der Waals surface area contributed by atoms with Crippen molar-refractivity contribution in [2.24, 2.45) is 0 Å². The molecule has 2 aromatic rings. The fourth-order valence-corrected chi connectivity index (χ4v) is 6.43. The maximum Gasteiger partial charge on any atom is 0.530 e. The van der Waals surface area contributed by atoms with E-state index in [1.807, 2.05) is 51.1 Å². The summed E-state index contributed by atoms with van der Waals surface area (Å²) in [4.78, 5) is 2.26. The number of allylic oxidation sites excluding steroid dienone is 1. The lowest BCUT2D eigenvalue weighted by Crippen LogP contribution is -2.44. The zero-order valence-electron chi connectivity index (χ0n) is 16.1. The molecule has 0 aromatic heterocycles. The van der Waals surface area contributed by atoms with Crippen LogP contribution in [-0.2, 0) is 19.7 Å². The molecule has 0 spiro atoms. The Kier molecular flexibility index (Phi) is 9.62. The van der Waals surface area contributed by atoms with E-state index in [1.54, 1.807) is 11.8 Å². The first kappa shape index (κ1) is 22.2. The number of hydrogen-bond donors (Lipinski definition) is 0. The zero-order chi connectivity index (χ0) is 19.5. The fraction of sp³-hybridized carbons (Fsp3) is 0.333. The zero-order valence-corrected chi connectivity index (χ0v) is 18.7. The van der Waals surface area contributed by atoms with E-state index in [2.05, 4.69) is 30.0 Å². The maximum atomic E-state index is 6.03. The third-order valence-electron chi connectivity index (χ3n) is 3.66. The minimum absolute atomic E-state index is 0.549. The van der Waals surface area contributed by atoms with E-state index in [-0.39, 0.29) is 0 Å². The van der Waals surface area contributed by atoms with Crippen molar-refractivity contribution in [3.05, 3.63) is 75.8 Å². The van der Waals surface area contributed by atoms with Crippen LogP contribution in [0.5, 0.6) is 0 Å². The molecular weight excluding hydrogens is 396 g/mol. The minimum Gasteiger partial charge on any atom is -0.371 e. The van der Waals surface area contributed by atoms with Gasteiger partial charge in [0.15, 0.2) is 0 Å². The highest BCUT2D eigenvalue weighted by Crippen LogP contribution is 2.32. The van der Waals surface area contributed by atoms with Gasteiger partial charge in [0.1, 0.15) is 0 Å². The summed E-state index contributed by atoms with van der Waals surface area (Å²) < 4.78 is 18.1. The molecule has 0 bridgehead atoms. The van der Waals surface area contributed by atoms with Crippen molar-refractivity contribution in [2.45, 2.75) is 32.1 Å². The molecule has 3 nitrogen and oxygen atoms in total. The van der Waals surface area contributed by atoms with E-state index in [0.29, 0.717) is 19.8 Å². The van der Waals surface area contributed by atoms with Crippen molar-refractivity contribution in [1.29, 1.82) is 0 Å². The summed E-state index contributed by atoms with van der Waals surface area (Å²) in [5, 5.41) is 0.731. The fourth-order valence-electron chi connectivity index (χ4n) is 2.62. The molecule has 0 aliphatic rings. The second kappa shape index (κ2) is 11.7. The molecule has 27 heavy (non-hydrogen) atoms. The SMILES string of the molecule is CCO[Si](/C=C(\Cc1ccccc1)Sc1ccc(Cl)cc1)(OCC)OCC. The normalized spacial score (nSPS) is 12.4. The molecule has 0 saturated carbocycles. The first-order valence-electron chi connectivity index (χ1n) is 9.21. The Morgan fingerprint density at radius 1 is 0.889 bits per heavy atom. The Bertz CT molecular complexity index is 690. The van der Waals surface area contributed by atoms with Crippen LogP contribution in [0.2, 0.25) is 5.02 Å². The van der Waals surface area contributed by atoms with Gasteiger partial charge in [-0.15, -0.1) is 0 Å². The second-order valence-corrected chi connectivity index (χ2v) is 9.73. The van der Waals surface area contributed by atoms with Crippen molar-refractivity contribution in [3.63, 3.8) is 0 Å². The molecule has 0 fully saturated rings. The van der Waals surface area contributed by atoms with Gasteiger partial charge in [-0.3, -0.25) is 0 Å². The smallest absolute Gasteiger partial charge is 0.371 e. The predicted octanol–water partition coefficient (Wildman–Crippen LogP) is 6.15. The third-order valence-corrected chi connectivity index (χ3v) is 7.93. The van der Waals surface area contributed by atoms with Crippen molar-refractivity contribution in [1.82, 2.24) is 0 Å². The summed E-state index contributed by atoms with van der Waals surface area (Å²) in [6.07, 6.45) is 0.788. The molecule has 2 aromatic carbocycles. The van der Waals surface area contributed by atoms with Gasteiger partial charge in [-0.25, -0.2) is 0 Å². The van der Waals surface area contributed by atoms with Crippen LogP contribution in [0.15, 0.2) is 70.1 Å². The van der Waals surface area contributed by atoms with Gasteiger partial charge in [0.2, 0.25) is 0 Å². The van der Waals surface area contributed by atoms with Crippen LogP contribution in [0.25, 0.3) is 0 Å². The Morgan fingerprint density at radius 2 is 1.44 bits per heavy atom. The maximum absolute atomic E-state index is 6.03. The molecule has 0 atom stereocenters. The summed E-state index contributed by atoms with van der Waals surface area (Å²) in [6.45, 7) is 7.55. The van der Waals surface area contributed by atoms with Crippen LogP contribution in [0, 0.1) is 0 Å². The van der Waals surface area contributed by atoms with Crippen LogP contribution < -0.4 is 0 Å². The number of rotatable bonds is 11. The highest BCUT2D eigenvalue weighted by molar-refractivity contribution is 8.03. The summed E-state index contributed by atoms with van der Waals surface area (Å²) in [7, 11) is -2.89. The van der Waals surface area contributed by atoms with Gasteiger partial charge >= 0.3 is 8.80 Å². The Labute approximate surface area is 173 Å². The molecule has 0 saturated heterocycles. The van der Waals surface area contributed by atoms with Gasteiger partial charge in [-0.05, 0) is 61.2 Å². The first-order valence-corrected chi connectivity index (χ1v) is 12.2. The Hall–Kier alpha value is -1.08. The molecule has 0 N–H and O–H groups in total. The summed E-state index contributed by atoms with van der Waals surface area (Å²) >= 11 is 7.73. The van der Waals surface area contributed by atoms with E-state index in [9.17, 15) is 0 Å². The average molecular weight is 423 g/mol. The van der Waals surface area contributed by atoms with Crippen molar-refractivity contribution in [2.75, 3.05) is 19.8 Å². The minimum atomic E-state index is -2.89. The molecule has 0 unspecified atom stereocenters. The lowest BCUT2D eigenvalue weighted by atomic mass is 10.1. The Balaban J connectivity index is 2.37. The third kappa shape index (κ3) is 7.45. The molecule has 146 valence electrons. The van der Waals surface area contributed by atoms with E-state index in [0.717, 1.165) is 21.2 Å². The lowest BCUT2D eigenvalue weighted by molar-refractivity contribution is 0.0841. The van der Waals surface area contributed by atoms with E-state index < -0.39 is 8.80 Å². The van der Waals surface area contributed by atoms with E-state index >= 15 is 0 Å². The molecule has 0 amide bonds. The largest absolute Gasteiger partial charge is 0.530 e. The topological polar surface area (TPSA) is 27.7 Å². The molecular formula is C21H27ClO3SSi. The van der Waals surface area contributed by atoms with Crippen LogP contribution >= 0.6 is 23.4 Å². The number of hydrogen-bond acceptors (Lipinski definition) is 4. The van der Waals surface area contributed by atoms with Crippen LogP contribution in [0.1, 0.15) is 26.3 Å². The van der Waals surface area contributed by atoms with Crippen molar-refractivity contribution in [3.8, 4) is 0 Å². The van der Waals surface area contributed by atoms with Gasteiger partial charge in [0, 0.05) is 36.2 Å². The molecule has 0 aliphatic carbocycles. The molecule has 2 rings (SSSR count). The highest BCUT2D eigenvalue weighted by Gasteiger charge is 2.38. The van der Waals surface area contributed by atoms with Gasteiger partial charge in [-0.2, -0.15) is 0 Å². The second-order valence-electron chi connectivity index (χ2n) is 5.73. The van der Waals surface area contributed by atoms with Gasteiger partial charge < -0.3 is 13.3 Å². The predicted molar refractivity (Wildman–Crippen MR) is 116 cm³/mol. The van der Waals surface area contributed by atoms with Crippen molar-refractivity contribution >= 4 is 32.2 Å². The van der Waals surface area contributed by atoms with Crippen LogP contribution in [0.4, 0.5) is 0 Å². The quantitative estimate of drug-likeness (QED) is 0.320. The summed E-state index contributed by atoms with van der Waals surface area (Å²) in [5.41, 5.74) is 3.33. The first-order chi connectivity index (χ1) is 13.1. The summed E-state index contributed by atoms with van der Waals surface area (Å²) in [5.74, 6) is 0. The molecule has 0 heterocycles. The Morgan fingerprint density at radius 3 is 1.96 bits per heavy atom. The van der Waals surface area contributed by atoms with Crippen molar-refractivity contribution < 1.29 is 13.3 Å². The number of halogens is 1. The van der Waals surface area contributed by atoms with E-state index in [4.69, 9.17) is 24.9 Å². The average Bonchev–Trinajstić information content (AvgIpc) is 2.65. The van der Waals surface area contributed by atoms with Gasteiger partial charge in [0.25, 0.3) is 0 Å². The standard InChI is InChI=1S/C21H27ClO3SSi/c1-4-23-27(24-5-2,25-6-3)17-21(16-18-10-8-7-9-11-18)26-20-14-12-19(22)13-15-20/h7-15,17H,4-6,16H2,1-3H3/b21-17+.